The van der Waals surface area contributed by atoms with Crippen LogP contribution in [0.2, 0.25) is 0 Å². The van der Waals surface area contributed by atoms with Gasteiger partial charge in [0.05, 0.1) is 6.10 Å². The van der Waals surface area contributed by atoms with Gasteiger partial charge in [0.15, 0.2) is 0 Å². The van der Waals surface area contributed by atoms with Gasteiger partial charge in [-0.3, -0.25) is 0 Å². The van der Waals surface area contributed by atoms with E-state index in [0.29, 0.717) is 13.0 Å². The van der Waals surface area contributed by atoms with Crippen LogP contribution in [0.4, 0.5) is 4.79 Å². The van der Waals surface area contributed by atoms with Crippen molar-refractivity contribution in [3.05, 3.63) is 22.4 Å². The van der Waals surface area contributed by atoms with Crippen molar-refractivity contribution >= 4 is 17.4 Å². The molecule has 0 aliphatic rings. The number of carbonyl (C=O) groups is 1. The summed E-state index contributed by atoms with van der Waals surface area (Å²) in [5.41, 5.74) is 0. The Kier molecular flexibility index (Phi) is 5.28. The van der Waals surface area contributed by atoms with E-state index in [-0.39, 0.29) is 12.1 Å². The summed E-state index contributed by atoms with van der Waals surface area (Å²) in [6.07, 6.45) is 0.0470. The van der Waals surface area contributed by atoms with Crippen LogP contribution in [0, 0.1) is 0 Å². The summed E-state index contributed by atoms with van der Waals surface area (Å²) < 4.78 is 0. The minimum Gasteiger partial charge on any atom is -0.388 e. The lowest BCUT2D eigenvalue weighted by Crippen LogP contribution is -2.40. The number of rotatable bonds is 5. The summed E-state index contributed by atoms with van der Waals surface area (Å²) in [6.45, 7) is 4.28. The highest BCUT2D eigenvalue weighted by Crippen LogP contribution is 2.20. The van der Waals surface area contributed by atoms with Crippen molar-refractivity contribution in [1.82, 2.24) is 10.6 Å². The van der Waals surface area contributed by atoms with E-state index in [1.54, 1.807) is 0 Å². The maximum Gasteiger partial charge on any atom is 0.314 e. The van der Waals surface area contributed by atoms with Crippen LogP contribution in [0.15, 0.2) is 17.5 Å². The molecule has 16 heavy (non-hydrogen) atoms. The molecule has 0 spiro atoms. The first-order chi connectivity index (χ1) is 7.59. The lowest BCUT2D eigenvalue weighted by atomic mass is 10.2. The van der Waals surface area contributed by atoms with Crippen LogP contribution >= 0.6 is 11.3 Å². The van der Waals surface area contributed by atoms with Gasteiger partial charge in [-0.05, 0) is 31.7 Å². The molecule has 1 aromatic heterocycles. The molecule has 1 rings (SSSR count). The van der Waals surface area contributed by atoms with Gasteiger partial charge in [-0.2, -0.15) is 0 Å². The third-order valence-electron chi connectivity index (χ3n) is 1.99. The Morgan fingerprint density at radius 3 is 2.88 bits per heavy atom. The predicted octanol–water partition coefficient (Wildman–Crippen LogP) is 1.88. The first kappa shape index (κ1) is 13.0. The zero-order chi connectivity index (χ0) is 12.0. The van der Waals surface area contributed by atoms with Crippen molar-refractivity contribution in [3.8, 4) is 0 Å². The fourth-order valence-electron chi connectivity index (χ4n) is 1.26. The molecule has 0 saturated heterocycles. The number of thiophene rings is 1. The van der Waals surface area contributed by atoms with Gasteiger partial charge in [-0.15, -0.1) is 11.3 Å². The average molecular weight is 242 g/mol. The van der Waals surface area contributed by atoms with Crippen LogP contribution in [-0.4, -0.2) is 23.7 Å². The number of hydrogen-bond acceptors (Lipinski definition) is 3. The van der Waals surface area contributed by atoms with Crippen LogP contribution in [0.5, 0.6) is 0 Å². The second-order valence-corrected chi connectivity index (χ2v) is 4.85. The van der Waals surface area contributed by atoms with Gasteiger partial charge in [0.1, 0.15) is 0 Å². The van der Waals surface area contributed by atoms with E-state index in [2.05, 4.69) is 10.6 Å². The molecular weight excluding hydrogens is 224 g/mol. The van der Waals surface area contributed by atoms with Gasteiger partial charge in [0, 0.05) is 17.5 Å². The molecule has 0 aromatic carbocycles. The molecule has 0 bridgehead atoms. The van der Waals surface area contributed by atoms with E-state index in [4.69, 9.17) is 0 Å². The summed E-state index contributed by atoms with van der Waals surface area (Å²) in [5, 5.41) is 17.1. The van der Waals surface area contributed by atoms with Gasteiger partial charge in [0.2, 0.25) is 0 Å². The smallest absolute Gasteiger partial charge is 0.314 e. The van der Waals surface area contributed by atoms with E-state index < -0.39 is 6.10 Å². The Bertz CT molecular complexity index is 312. The Labute approximate surface area is 99.7 Å². The summed E-state index contributed by atoms with van der Waals surface area (Å²) in [7, 11) is 0. The van der Waals surface area contributed by atoms with E-state index in [1.807, 2.05) is 31.4 Å². The molecule has 1 unspecified atom stereocenters. The van der Waals surface area contributed by atoms with E-state index in [0.717, 1.165) is 4.88 Å². The number of hydrogen-bond donors (Lipinski definition) is 3. The first-order valence-electron chi connectivity index (χ1n) is 5.35. The summed E-state index contributed by atoms with van der Waals surface area (Å²) in [6, 6.07) is 3.74. The minimum atomic E-state index is -0.487. The fraction of sp³-hybridized carbons (Fsp3) is 0.545. The summed E-state index contributed by atoms with van der Waals surface area (Å²) >= 11 is 1.52. The van der Waals surface area contributed by atoms with Crippen molar-refractivity contribution < 1.29 is 9.90 Å². The van der Waals surface area contributed by atoms with Crippen molar-refractivity contribution in [3.63, 3.8) is 0 Å². The number of aliphatic hydroxyl groups excluding tert-OH is 1. The van der Waals surface area contributed by atoms with E-state index in [1.165, 1.54) is 11.3 Å². The molecule has 90 valence electrons. The monoisotopic (exact) mass is 242 g/mol. The van der Waals surface area contributed by atoms with Crippen molar-refractivity contribution in [2.45, 2.75) is 32.4 Å². The van der Waals surface area contributed by atoms with Crippen LogP contribution in [0.25, 0.3) is 0 Å². The average Bonchev–Trinajstić information content (AvgIpc) is 2.68. The molecule has 0 aliphatic heterocycles. The normalized spacial score (nSPS) is 12.5. The first-order valence-corrected chi connectivity index (χ1v) is 6.23. The second-order valence-electron chi connectivity index (χ2n) is 3.87. The minimum absolute atomic E-state index is 0.127. The van der Waals surface area contributed by atoms with Gasteiger partial charge in [0.25, 0.3) is 0 Å². The Balaban J connectivity index is 2.18. The van der Waals surface area contributed by atoms with Gasteiger partial charge < -0.3 is 15.7 Å². The summed E-state index contributed by atoms with van der Waals surface area (Å²) in [4.78, 5) is 12.2. The number of carbonyl (C=O) groups excluding carboxylic acids is 1. The molecular formula is C11H18N2O2S. The fourth-order valence-corrected chi connectivity index (χ4v) is 2.01. The Morgan fingerprint density at radius 1 is 1.56 bits per heavy atom. The topological polar surface area (TPSA) is 61.4 Å². The molecule has 5 heteroatoms. The molecule has 3 N–H and O–H groups in total. The van der Waals surface area contributed by atoms with Crippen molar-refractivity contribution in [2.24, 2.45) is 0 Å². The Morgan fingerprint density at radius 2 is 2.31 bits per heavy atom. The zero-order valence-electron chi connectivity index (χ0n) is 9.56. The molecule has 0 radical (unpaired) electrons. The third-order valence-corrected chi connectivity index (χ3v) is 2.97. The van der Waals surface area contributed by atoms with Crippen LogP contribution in [0.3, 0.4) is 0 Å². The molecule has 0 saturated carbocycles. The van der Waals surface area contributed by atoms with E-state index in [9.17, 15) is 9.90 Å². The van der Waals surface area contributed by atoms with Gasteiger partial charge in [-0.1, -0.05) is 6.07 Å². The number of urea groups is 1. The molecule has 1 heterocycles. The molecule has 4 nitrogen and oxygen atoms in total. The molecule has 2 amide bonds. The molecule has 1 aromatic rings. The van der Waals surface area contributed by atoms with Crippen molar-refractivity contribution in [1.29, 1.82) is 0 Å². The largest absolute Gasteiger partial charge is 0.388 e. The van der Waals surface area contributed by atoms with Crippen LogP contribution in [0.1, 0.15) is 31.2 Å². The highest BCUT2D eigenvalue weighted by molar-refractivity contribution is 7.10. The number of nitrogens with one attached hydrogen (secondary N) is 2. The lowest BCUT2D eigenvalue weighted by Gasteiger charge is -2.12. The third kappa shape index (κ3) is 4.63. The molecule has 0 aliphatic carbocycles. The number of amides is 2. The summed E-state index contributed by atoms with van der Waals surface area (Å²) in [5.74, 6) is 0. The standard InChI is InChI=1S/C11H18N2O2S/c1-8(2)13-11(15)12-6-5-9(14)10-4-3-7-16-10/h3-4,7-9,14H,5-6H2,1-2H3,(H2,12,13,15). The van der Waals surface area contributed by atoms with Gasteiger partial charge in [-0.25, -0.2) is 4.79 Å². The van der Waals surface area contributed by atoms with Crippen LogP contribution in [-0.2, 0) is 0 Å². The second kappa shape index (κ2) is 6.50. The maximum atomic E-state index is 11.2. The van der Waals surface area contributed by atoms with Gasteiger partial charge >= 0.3 is 6.03 Å². The quantitative estimate of drug-likeness (QED) is 0.738. The predicted molar refractivity (Wildman–Crippen MR) is 65.6 cm³/mol. The Hall–Kier alpha value is -1.07. The lowest BCUT2D eigenvalue weighted by molar-refractivity contribution is 0.170. The highest BCUT2D eigenvalue weighted by Gasteiger charge is 2.09. The van der Waals surface area contributed by atoms with Crippen LogP contribution < -0.4 is 10.6 Å². The molecule has 0 fully saturated rings. The molecule has 1 atom stereocenters. The number of aliphatic hydroxyl groups is 1. The van der Waals surface area contributed by atoms with E-state index >= 15 is 0 Å². The SMILES string of the molecule is CC(C)NC(=O)NCCC(O)c1cccs1. The van der Waals surface area contributed by atoms with Crippen molar-refractivity contribution in [2.75, 3.05) is 6.54 Å². The zero-order valence-corrected chi connectivity index (χ0v) is 10.4. The highest BCUT2D eigenvalue weighted by atomic mass is 32.1. The maximum absolute atomic E-state index is 11.2.